The highest BCUT2D eigenvalue weighted by Crippen LogP contribution is 2.36. The minimum Gasteiger partial charge on any atom is -0.494 e. The predicted molar refractivity (Wildman–Crippen MR) is 149 cm³/mol. The predicted octanol–water partition coefficient (Wildman–Crippen LogP) is 2.72. The topological polar surface area (TPSA) is 111 Å². The SMILES string of the molecule is CCCCN1C(=O)[C@@H]([C@H](O)C2CCCCC2)NC(=O)C12CCN(CCCOc1ccc(C(=O)NC)cc1)CC2. The van der Waals surface area contributed by atoms with Crippen molar-refractivity contribution < 1.29 is 24.2 Å². The molecule has 1 aliphatic carbocycles. The Morgan fingerprint density at radius 3 is 2.44 bits per heavy atom. The van der Waals surface area contributed by atoms with Gasteiger partial charge in [-0.25, -0.2) is 0 Å². The van der Waals surface area contributed by atoms with Gasteiger partial charge in [0, 0.05) is 38.8 Å². The molecule has 2 atom stereocenters. The van der Waals surface area contributed by atoms with Gasteiger partial charge in [-0.1, -0.05) is 32.6 Å². The summed E-state index contributed by atoms with van der Waals surface area (Å²) in [5.74, 6) is 0.482. The van der Waals surface area contributed by atoms with E-state index in [4.69, 9.17) is 4.74 Å². The number of carbonyl (C=O) groups is 3. The van der Waals surface area contributed by atoms with Crippen molar-refractivity contribution in [2.24, 2.45) is 5.92 Å². The minimum atomic E-state index is -0.830. The average molecular weight is 543 g/mol. The van der Waals surface area contributed by atoms with Gasteiger partial charge in [0.25, 0.3) is 5.91 Å². The van der Waals surface area contributed by atoms with Crippen LogP contribution < -0.4 is 15.4 Å². The Balaban J connectivity index is 1.30. The van der Waals surface area contributed by atoms with Crippen LogP contribution in [-0.4, -0.2) is 90.1 Å². The molecule has 4 rings (SSSR count). The van der Waals surface area contributed by atoms with Crippen molar-refractivity contribution in [1.82, 2.24) is 20.4 Å². The van der Waals surface area contributed by atoms with E-state index in [1.54, 1.807) is 31.3 Å². The second-order valence-electron chi connectivity index (χ2n) is 11.4. The minimum absolute atomic E-state index is 0.0768. The number of carbonyl (C=O) groups excluding carboxylic acids is 3. The van der Waals surface area contributed by atoms with E-state index in [0.29, 0.717) is 31.6 Å². The smallest absolute Gasteiger partial charge is 0.251 e. The number of nitrogens with one attached hydrogen (secondary N) is 2. The zero-order valence-electron chi connectivity index (χ0n) is 23.6. The quantitative estimate of drug-likeness (QED) is 0.371. The number of ether oxygens (including phenoxy) is 1. The van der Waals surface area contributed by atoms with E-state index in [1.807, 2.05) is 4.90 Å². The highest BCUT2D eigenvalue weighted by molar-refractivity contribution is 6.00. The maximum absolute atomic E-state index is 13.7. The highest BCUT2D eigenvalue weighted by Gasteiger charge is 2.55. The molecule has 1 saturated carbocycles. The third kappa shape index (κ3) is 6.74. The molecule has 39 heavy (non-hydrogen) atoms. The van der Waals surface area contributed by atoms with E-state index in [-0.39, 0.29) is 23.6 Å². The van der Waals surface area contributed by atoms with Gasteiger partial charge in [-0.2, -0.15) is 0 Å². The second-order valence-corrected chi connectivity index (χ2v) is 11.4. The first-order chi connectivity index (χ1) is 18.9. The van der Waals surface area contributed by atoms with Gasteiger partial charge in [-0.15, -0.1) is 0 Å². The molecule has 2 heterocycles. The van der Waals surface area contributed by atoms with E-state index in [2.05, 4.69) is 22.5 Å². The summed E-state index contributed by atoms with van der Waals surface area (Å²) in [6, 6.07) is 6.27. The van der Waals surface area contributed by atoms with E-state index >= 15 is 0 Å². The van der Waals surface area contributed by atoms with Crippen LogP contribution in [0.1, 0.15) is 81.5 Å². The number of likely N-dealkylation sites (tertiary alicyclic amines) is 1. The Bertz CT molecular complexity index is 970. The summed E-state index contributed by atoms with van der Waals surface area (Å²) >= 11 is 0. The van der Waals surface area contributed by atoms with Gasteiger partial charge in [-0.3, -0.25) is 14.4 Å². The zero-order valence-corrected chi connectivity index (χ0v) is 23.6. The molecule has 1 spiro atoms. The molecule has 2 saturated heterocycles. The number of benzene rings is 1. The van der Waals surface area contributed by atoms with Crippen molar-refractivity contribution in [2.45, 2.75) is 88.8 Å². The van der Waals surface area contributed by atoms with Gasteiger partial charge in [0.2, 0.25) is 11.8 Å². The Labute approximate surface area is 232 Å². The molecule has 0 aromatic heterocycles. The summed E-state index contributed by atoms with van der Waals surface area (Å²) in [7, 11) is 1.61. The molecule has 9 heteroatoms. The lowest BCUT2D eigenvalue weighted by Crippen LogP contribution is -2.75. The molecule has 0 radical (unpaired) electrons. The van der Waals surface area contributed by atoms with Crippen molar-refractivity contribution in [3.05, 3.63) is 29.8 Å². The molecule has 216 valence electrons. The molecule has 0 bridgehead atoms. The Morgan fingerprint density at radius 2 is 1.79 bits per heavy atom. The van der Waals surface area contributed by atoms with Crippen LogP contribution in [0.5, 0.6) is 5.75 Å². The number of amides is 3. The summed E-state index contributed by atoms with van der Waals surface area (Å²) in [6.45, 7) is 5.53. The molecule has 1 aromatic rings. The largest absolute Gasteiger partial charge is 0.494 e. The fourth-order valence-corrected chi connectivity index (χ4v) is 6.43. The maximum Gasteiger partial charge on any atom is 0.251 e. The fraction of sp³-hybridized carbons (Fsp3) is 0.700. The van der Waals surface area contributed by atoms with Crippen molar-refractivity contribution in [3.8, 4) is 5.75 Å². The fourth-order valence-electron chi connectivity index (χ4n) is 6.43. The van der Waals surface area contributed by atoms with Gasteiger partial charge < -0.3 is 30.3 Å². The van der Waals surface area contributed by atoms with E-state index in [9.17, 15) is 19.5 Å². The molecule has 0 unspecified atom stereocenters. The number of aliphatic hydroxyl groups is 1. The van der Waals surface area contributed by atoms with Crippen LogP contribution >= 0.6 is 0 Å². The number of piperidine rings is 1. The van der Waals surface area contributed by atoms with Gasteiger partial charge in [0.15, 0.2) is 0 Å². The maximum atomic E-state index is 13.7. The molecule has 1 aromatic carbocycles. The Morgan fingerprint density at radius 1 is 1.10 bits per heavy atom. The normalized spacial score (nSPS) is 22.9. The first-order valence-corrected chi connectivity index (χ1v) is 14.9. The van der Waals surface area contributed by atoms with Crippen LogP contribution in [0.25, 0.3) is 0 Å². The molecule has 9 nitrogen and oxygen atoms in total. The van der Waals surface area contributed by atoms with E-state index < -0.39 is 17.7 Å². The molecule has 3 amide bonds. The third-order valence-electron chi connectivity index (χ3n) is 8.88. The van der Waals surface area contributed by atoms with Gasteiger partial charge in [0.05, 0.1) is 12.7 Å². The molecular formula is C30H46N4O5. The summed E-state index contributed by atoms with van der Waals surface area (Å²) in [5.41, 5.74) is -0.227. The summed E-state index contributed by atoms with van der Waals surface area (Å²) in [6.07, 6.45) is 8.17. The Hall–Kier alpha value is -2.65. The molecule has 2 aliphatic heterocycles. The second kappa shape index (κ2) is 13.6. The highest BCUT2D eigenvalue weighted by atomic mass is 16.5. The third-order valence-corrected chi connectivity index (χ3v) is 8.88. The van der Waals surface area contributed by atoms with Crippen LogP contribution in [-0.2, 0) is 9.59 Å². The lowest BCUT2D eigenvalue weighted by atomic mass is 9.78. The molecule has 3 N–H and O–H groups in total. The van der Waals surface area contributed by atoms with Crippen molar-refractivity contribution >= 4 is 17.7 Å². The van der Waals surface area contributed by atoms with Crippen molar-refractivity contribution in [1.29, 1.82) is 0 Å². The average Bonchev–Trinajstić information content (AvgIpc) is 2.98. The van der Waals surface area contributed by atoms with Crippen LogP contribution in [0.15, 0.2) is 24.3 Å². The summed E-state index contributed by atoms with van der Waals surface area (Å²) < 4.78 is 5.85. The zero-order chi connectivity index (χ0) is 27.8. The number of nitrogens with zero attached hydrogens (tertiary/aromatic N) is 2. The van der Waals surface area contributed by atoms with E-state index in [1.165, 1.54) is 6.42 Å². The first-order valence-electron chi connectivity index (χ1n) is 14.9. The number of aliphatic hydroxyl groups excluding tert-OH is 1. The van der Waals surface area contributed by atoms with Crippen LogP contribution in [0.2, 0.25) is 0 Å². The molecular weight excluding hydrogens is 496 g/mol. The number of piperazine rings is 1. The Kier molecular flexibility index (Phi) is 10.2. The number of hydrogen-bond acceptors (Lipinski definition) is 6. The standard InChI is InChI=1S/C30H46N4O5/c1-3-4-18-34-28(37)25(26(35)22-9-6-5-7-10-22)32-29(38)30(34)15-19-33(20-16-30)17-8-21-39-24-13-11-23(12-14-24)27(36)31-2/h11-14,22,25-26,35H,3-10,15-21H2,1-2H3,(H,31,36)(H,32,38)/t25-,26-/m1/s1. The number of rotatable bonds is 11. The van der Waals surface area contributed by atoms with Gasteiger partial charge in [-0.05, 0) is 68.7 Å². The van der Waals surface area contributed by atoms with Crippen LogP contribution in [0.3, 0.4) is 0 Å². The lowest BCUT2D eigenvalue weighted by Gasteiger charge is -2.52. The van der Waals surface area contributed by atoms with E-state index in [0.717, 1.165) is 70.3 Å². The summed E-state index contributed by atoms with van der Waals surface area (Å²) in [4.78, 5) is 43.2. The molecule has 3 aliphatic rings. The van der Waals surface area contributed by atoms with Crippen LogP contribution in [0.4, 0.5) is 0 Å². The van der Waals surface area contributed by atoms with Crippen molar-refractivity contribution in [3.63, 3.8) is 0 Å². The monoisotopic (exact) mass is 542 g/mol. The number of unbranched alkanes of at least 4 members (excludes halogenated alkanes) is 1. The van der Waals surface area contributed by atoms with Gasteiger partial charge in [0.1, 0.15) is 17.3 Å². The number of hydrogen-bond donors (Lipinski definition) is 3. The van der Waals surface area contributed by atoms with Gasteiger partial charge >= 0.3 is 0 Å². The molecule has 3 fully saturated rings. The van der Waals surface area contributed by atoms with Crippen molar-refractivity contribution in [2.75, 3.05) is 39.8 Å². The lowest BCUT2D eigenvalue weighted by molar-refractivity contribution is -0.165. The summed E-state index contributed by atoms with van der Waals surface area (Å²) in [5, 5.41) is 16.7. The van der Waals surface area contributed by atoms with Crippen LogP contribution in [0, 0.1) is 5.92 Å². The first kappa shape index (κ1) is 29.3.